The van der Waals surface area contributed by atoms with Crippen molar-refractivity contribution in [3.8, 4) is 0 Å². The summed E-state index contributed by atoms with van der Waals surface area (Å²) in [4.78, 5) is 24.1. The van der Waals surface area contributed by atoms with Crippen LogP contribution >= 0.6 is 0 Å². The van der Waals surface area contributed by atoms with Gasteiger partial charge in [0.25, 0.3) is 0 Å². The maximum absolute atomic E-state index is 12.1. The van der Waals surface area contributed by atoms with Crippen LogP contribution in [0.25, 0.3) is 0 Å². The van der Waals surface area contributed by atoms with Crippen molar-refractivity contribution < 1.29 is 24.2 Å². The molecule has 0 saturated carbocycles. The molecule has 242 valence electrons. The molecule has 0 saturated heterocycles. The van der Waals surface area contributed by atoms with Crippen molar-refractivity contribution in [1.82, 2.24) is 0 Å². The van der Waals surface area contributed by atoms with Crippen LogP contribution in [0.5, 0.6) is 0 Å². The summed E-state index contributed by atoms with van der Waals surface area (Å²) in [5.41, 5.74) is 0. The van der Waals surface area contributed by atoms with Crippen molar-refractivity contribution in [3.63, 3.8) is 0 Å². The molecule has 0 amide bonds. The quantitative estimate of drug-likeness (QED) is 0.0487. The third-order valence-corrected chi connectivity index (χ3v) is 7.81. The van der Waals surface area contributed by atoms with Gasteiger partial charge in [-0.1, -0.05) is 148 Å². The number of ether oxygens (including phenoxy) is 2. The van der Waals surface area contributed by atoms with Crippen LogP contribution in [-0.4, -0.2) is 36.4 Å². The number of rotatable bonds is 32. The van der Waals surface area contributed by atoms with E-state index in [1.54, 1.807) is 0 Å². The van der Waals surface area contributed by atoms with Crippen LogP contribution in [0, 0.1) is 0 Å². The van der Waals surface area contributed by atoms with Crippen molar-refractivity contribution >= 4 is 11.9 Å². The van der Waals surface area contributed by atoms with Crippen LogP contribution in [0.1, 0.15) is 187 Å². The SMILES string of the molecule is CCCCC/C=C\CCCCCCCC(=O)O[C@@H](CO)COC(=O)CCCCCCCCCCCCCCCCC. The normalized spacial score (nSPS) is 12.2. The van der Waals surface area contributed by atoms with E-state index in [1.807, 2.05) is 0 Å². The Labute approximate surface area is 254 Å². The van der Waals surface area contributed by atoms with E-state index in [-0.39, 0.29) is 25.2 Å². The molecule has 1 N–H and O–H groups in total. The highest BCUT2D eigenvalue weighted by atomic mass is 16.6. The number of hydrogen-bond acceptors (Lipinski definition) is 5. The Morgan fingerprint density at radius 3 is 1.37 bits per heavy atom. The van der Waals surface area contributed by atoms with Crippen molar-refractivity contribution in [2.75, 3.05) is 13.2 Å². The van der Waals surface area contributed by atoms with Gasteiger partial charge in [-0.15, -0.1) is 0 Å². The van der Waals surface area contributed by atoms with Gasteiger partial charge >= 0.3 is 11.9 Å². The van der Waals surface area contributed by atoms with Crippen LogP contribution < -0.4 is 0 Å². The Hall–Kier alpha value is -1.36. The summed E-state index contributed by atoms with van der Waals surface area (Å²) in [6.45, 7) is 4.11. The van der Waals surface area contributed by atoms with Gasteiger partial charge in [0.1, 0.15) is 6.61 Å². The van der Waals surface area contributed by atoms with Crippen LogP contribution in [0.4, 0.5) is 0 Å². The molecule has 0 aromatic heterocycles. The zero-order chi connectivity index (χ0) is 30.1. The Balaban J connectivity index is 3.54. The fourth-order valence-corrected chi connectivity index (χ4v) is 5.08. The predicted molar refractivity (Wildman–Crippen MR) is 173 cm³/mol. The number of aliphatic hydroxyl groups is 1. The second-order valence-electron chi connectivity index (χ2n) is 12.0. The Morgan fingerprint density at radius 1 is 0.537 bits per heavy atom. The lowest BCUT2D eigenvalue weighted by atomic mass is 10.0. The average molecular weight is 581 g/mol. The third-order valence-electron chi connectivity index (χ3n) is 7.81. The van der Waals surface area contributed by atoms with E-state index in [2.05, 4.69) is 26.0 Å². The minimum atomic E-state index is -0.767. The molecular weight excluding hydrogens is 512 g/mol. The molecule has 0 aromatic rings. The maximum atomic E-state index is 12.1. The molecule has 0 aliphatic heterocycles. The maximum Gasteiger partial charge on any atom is 0.306 e. The minimum absolute atomic E-state index is 0.0637. The summed E-state index contributed by atoms with van der Waals surface area (Å²) in [5.74, 6) is -0.595. The summed E-state index contributed by atoms with van der Waals surface area (Å²) < 4.78 is 10.6. The fourth-order valence-electron chi connectivity index (χ4n) is 5.08. The largest absolute Gasteiger partial charge is 0.462 e. The van der Waals surface area contributed by atoms with Gasteiger partial charge in [-0.25, -0.2) is 0 Å². The summed E-state index contributed by atoms with van der Waals surface area (Å²) in [7, 11) is 0. The first-order valence-corrected chi connectivity index (χ1v) is 17.7. The Bertz CT molecular complexity index is 589. The Morgan fingerprint density at radius 2 is 0.902 bits per heavy atom. The van der Waals surface area contributed by atoms with Crippen molar-refractivity contribution in [2.45, 2.75) is 193 Å². The molecule has 5 nitrogen and oxygen atoms in total. The highest BCUT2D eigenvalue weighted by molar-refractivity contribution is 5.70. The van der Waals surface area contributed by atoms with Crippen molar-refractivity contribution in [1.29, 1.82) is 0 Å². The highest BCUT2D eigenvalue weighted by Crippen LogP contribution is 2.14. The Kier molecular flexibility index (Phi) is 32.0. The topological polar surface area (TPSA) is 72.8 Å². The molecule has 0 rings (SSSR count). The van der Waals surface area contributed by atoms with Crippen LogP contribution in [0.3, 0.4) is 0 Å². The van der Waals surface area contributed by atoms with Gasteiger partial charge in [-0.3, -0.25) is 9.59 Å². The van der Waals surface area contributed by atoms with E-state index in [4.69, 9.17) is 9.47 Å². The first kappa shape index (κ1) is 39.6. The van der Waals surface area contributed by atoms with Gasteiger partial charge in [0.15, 0.2) is 6.10 Å². The molecule has 0 aromatic carbocycles. The van der Waals surface area contributed by atoms with Crippen LogP contribution in [0.2, 0.25) is 0 Å². The number of unbranched alkanes of at least 4 members (excludes halogenated alkanes) is 22. The molecule has 5 heteroatoms. The standard InChI is InChI=1S/C36H68O5/c1-3-5-7-9-11-13-15-17-18-19-21-22-24-26-28-30-35(38)40-33-34(32-37)41-36(39)31-29-27-25-23-20-16-14-12-10-8-6-4-2/h12,14,34,37H,3-11,13,15-33H2,1-2H3/b14-12-/t34-/m0/s1. The van der Waals surface area contributed by atoms with E-state index < -0.39 is 6.10 Å². The van der Waals surface area contributed by atoms with E-state index in [0.29, 0.717) is 12.8 Å². The van der Waals surface area contributed by atoms with Gasteiger partial charge < -0.3 is 14.6 Å². The molecule has 0 unspecified atom stereocenters. The number of carbonyl (C=O) groups is 2. The lowest BCUT2D eigenvalue weighted by Gasteiger charge is -2.15. The lowest BCUT2D eigenvalue weighted by molar-refractivity contribution is -0.161. The van der Waals surface area contributed by atoms with Crippen LogP contribution in [0.15, 0.2) is 12.2 Å². The van der Waals surface area contributed by atoms with E-state index in [1.165, 1.54) is 116 Å². The molecular formula is C36H68O5. The first-order chi connectivity index (χ1) is 20.1. The molecule has 1 atom stereocenters. The monoisotopic (exact) mass is 581 g/mol. The lowest BCUT2D eigenvalue weighted by Crippen LogP contribution is -2.28. The molecule has 0 bridgehead atoms. The van der Waals surface area contributed by atoms with Crippen molar-refractivity contribution in [3.05, 3.63) is 12.2 Å². The van der Waals surface area contributed by atoms with E-state index >= 15 is 0 Å². The van der Waals surface area contributed by atoms with Gasteiger partial charge in [-0.2, -0.15) is 0 Å². The minimum Gasteiger partial charge on any atom is -0.462 e. The average Bonchev–Trinajstić information content (AvgIpc) is 2.97. The fraction of sp³-hybridized carbons (Fsp3) is 0.889. The third kappa shape index (κ3) is 31.4. The van der Waals surface area contributed by atoms with Gasteiger partial charge in [0.05, 0.1) is 6.61 Å². The molecule has 0 spiro atoms. The summed E-state index contributed by atoms with van der Waals surface area (Å²) >= 11 is 0. The smallest absolute Gasteiger partial charge is 0.306 e. The molecule has 0 fully saturated rings. The molecule has 41 heavy (non-hydrogen) atoms. The van der Waals surface area contributed by atoms with E-state index in [9.17, 15) is 14.7 Å². The molecule has 0 radical (unpaired) electrons. The number of allylic oxidation sites excluding steroid dienone is 2. The van der Waals surface area contributed by atoms with Gasteiger partial charge in [0.2, 0.25) is 0 Å². The zero-order valence-corrected chi connectivity index (χ0v) is 27.3. The first-order valence-electron chi connectivity index (χ1n) is 17.7. The predicted octanol–water partition coefficient (Wildman–Crippen LogP) is 10.6. The molecule has 0 aliphatic carbocycles. The number of hydrogen-bond donors (Lipinski definition) is 1. The number of esters is 2. The van der Waals surface area contributed by atoms with Gasteiger partial charge in [-0.05, 0) is 38.5 Å². The summed E-state index contributed by atoms with van der Waals surface area (Å²) in [6, 6.07) is 0. The van der Waals surface area contributed by atoms with E-state index in [0.717, 1.165) is 44.9 Å². The second-order valence-corrected chi connectivity index (χ2v) is 12.0. The summed E-state index contributed by atoms with van der Waals surface area (Å²) in [5, 5.41) is 9.50. The zero-order valence-electron chi connectivity index (χ0n) is 27.3. The van der Waals surface area contributed by atoms with Crippen LogP contribution in [-0.2, 0) is 19.1 Å². The molecule has 0 aliphatic rings. The summed E-state index contributed by atoms with van der Waals surface area (Å²) in [6.07, 6.45) is 35.5. The number of carbonyl (C=O) groups excluding carboxylic acids is 2. The highest BCUT2D eigenvalue weighted by Gasteiger charge is 2.16. The number of aliphatic hydroxyl groups excluding tert-OH is 1. The van der Waals surface area contributed by atoms with Gasteiger partial charge in [0, 0.05) is 12.8 Å². The second kappa shape index (κ2) is 33.1. The van der Waals surface area contributed by atoms with Crippen molar-refractivity contribution in [2.24, 2.45) is 0 Å². The molecule has 0 heterocycles.